The standard InChI is InChI=1S/C22H22ClN3O/c1-14-20(12-24-13-25-14)17-9-16(15-5-7-19(23)8-6-15)10-18(11-17)21(27)26-22(2,3)4/h5-13H,1-4H3,(H,26,27). The largest absolute Gasteiger partial charge is 0.347 e. The molecule has 0 saturated heterocycles. The average molecular weight is 380 g/mol. The number of hydrogen-bond acceptors (Lipinski definition) is 3. The minimum atomic E-state index is -0.320. The Morgan fingerprint density at radius 1 is 1.00 bits per heavy atom. The van der Waals surface area contributed by atoms with Crippen molar-refractivity contribution in [2.24, 2.45) is 0 Å². The maximum absolute atomic E-state index is 12.8. The molecule has 4 nitrogen and oxygen atoms in total. The van der Waals surface area contributed by atoms with Gasteiger partial charge in [0.15, 0.2) is 0 Å². The summed E-state index contributed by atoms with van der Waals surface area (Å²) in [6, 6.07) is 13.4. The number of rotatable bonds is 3. The smallest absolute Gasteiger partial charge is 0.251 e. The number of carbonyl (C=O) groups is 1. The van der Waals surface area contributed by atoms with Gasteiger partial charge in [-0.3, -0.25) is 4.79 Å². The number of aromatic nitrogens is 2. The van der Waals surface area contributed by atoms with Gasteiger partial charge in [-0.25, -0.2) is 9.97 Å². The number of nitrogens with one attached hydrogen (secondary N) is 1. The fourth-order valence-corrected chi connectivity index (χ4v) is 2.94. The summed E-state index contributed by atoms with van der Waals surface area (Å²) < 4.78 is 0. The fraction of sp³-hybridized carbons (Fsp3) is 0.227. The van der Waals surface area contributed by atoms with Gasteiger partial charge in [0.25, 0.3) is 5.91 Å². The van der Waals surface area contributed by atoms with Gasteiger partial charge in [0.05, 0.1) is 0 Å². The molecule has 0 unspecified atom stereocenters. The van der Waals surface area contributed by atoms with Crippen LogP contribution in [0.3, 0.4) is 0 Å². The van der Waals surface area contributed by atoms with E-state index in [1.807, 2.05) is 70.2 Å². The topological polar surface area (TPSA) is 54.9 Å². The summed E-state index contributed by atoms with van der Waals surface area (Å²) in [6.07, 6.45) is 3.30. The van der Waals surface area contributed by atoms with E-state index in [2.05, 4.69) is 15.3 Å². The first-order valence-electron chi connectivity index (χ1n) is 8.73. The van der Waals surface area contributed by atoms with Gasteiger partial charge in [0.1, 0.15) is 6.33 Å². The number of hydrogen-bond donors (Lipinski definition) is 1. The lowest BCUT2D eigenvalue weighted by Gasteiger charge is -2.21. The zero-order valence-electron chi connectivity index (χ0n) is 15.9. The maximum Gasteiger partial charge on any atom is 0.251 e. The summed E-state index contributed by atoms with van der Waals surface area (Å²) >= 11 is 6.02. The van der Waals surface area contributed by atoms with Crippen LogP contribution >= 0.6 is 11.6 Å². The molecule has 0 aliphatic carbocycles. The highest BCUT2D eigenvalue weighted by Crippen LogP contribution is 2.30. The molecular weight excluding hydrogens is 358 g/mol. The van der Waals surface area contributed by atoms with E-state index < -0.39 is 0 Å². The predicted molar refractivity (Wildman–Crippen MR) is 110 cm³/mol. The van der Waals surface area contributed by atoms with Gasteiger partial charge in [-0.05, 0) is 74.7 Å². The third kappa shape index (κ3) is 4.72. The van der Waals surface area contributed by atoms with Crippen molar-refractivity contribution in [3.8, 4) is 22.3 Å². The first kappa shape index (κ1) is 19.1. The number of halogens is 1. The lowest BCUT2D eigenvalue weighted by atomic mass is 9.95. The normalized spacial score (nSPS) is 11.3. The summed E-state index contributed by atoms with van der Waals surface area (Å²) in [4.78, 5) is 21.2. The van der Waals surface area contributed by atoms with Crippen molar-refractivity contribution < 1.29 is 4.79 Å². The van der Waals surface area contributed by atoms with Crippen molar-refractivity contribution in [3.63, 3.8) is 0 Å². The highest BCUT2D eigenvalue weighted by Gasteiger charge is 2.17. The van der Waals surface area contributed by atoms with Gasteiger partial charge in [0, 0.05) is 33.6 Å². The molecule has 0 aliphatic heterocycles. The van der Waals surface area contributed by atoms with Crippen molar-refractivity contribution in [3.05, 3.63) is 71.3 Å². The van der Waals surface area contributed by atoms with Crippen molar-refractivity contribution in [2.45, 2.75) is 33.2 Å². The van der Waals surface area contributed by atoms with E-state index in [4.69, 9.17) is 11.6 Å². The summed E-state index contributed by atoms with van der Waals surface area (Å²) in [6.45, 7) is 7.82. The average Bonchev–Trinajstić information content (AvgIpc) is 2.61. The SMILES string of the molecule is Cc1ncncc1-c1cc(C(=O)NC(C)(C)C)cc(-c2ccc(Cl)cc2)c1. The summed E-state index contributed by atoms with van der Waals surface area (Å²) in [5, 5.41) is 3.70. The van der Waals surface area contributed by atoms with E-state index in [0.717, 1.165) is 27.9 Å². The van der Waals surface area contributed by atoms with E-state index in [1.165, 1.54) is 6.33 Å². The van der Waals surface area contributed by atoms with E-state index in [9.17, 15) is 4.79 Å². The third-order valence-corrected chi connectivity index (χ3v) is 4.34. The van der Waals surface area contributed by atoms with Gasteiger partial charge < -0.3 is 5.32 Å². The molecule has 2 aromatic carbocycles. The van der Waals surface area contributed by atoms with Crippen LogP contribution in [0.4, 0.5) is 0 Å². The van der Waals surface area contributed by atoms with Crippen molar-refractivity contribution in [1.29, 1.82) is 0 Å². The van der Waals surface area contributed by atoms with Crippen molar-refractivity contribution in [1.82, 2.24) is 15.3 Å². The molecular formula is C22H22ClN3O. The Hall–Kier alpha value is -2.72. The van der Waals surface area contributed by atoms with E-state index in [0.29, 0.717) is 10.6 Å². The van der Waals surface area contributed by atoms with Crippen LogP contribution in [-0.2, 0) is 0 Å². The van der Waals surface area contributed by atoms with Crippen molar-refractivity contribution >= 4 is 17.5 Å². The molecule has 1 aromatic heterocycles. The molecule has 0 radical (unpaired) electrons. The molecule has 1 heterocycles. The number of amides is 1. The first-order valence-corrected chi connectivity index (χ1v) is 9.11. The Balaban J connectivity index is 2.15. The quantitative estimate of drug-likeness (QED) is 0.671. The zero-order valence-corrected chi connectivity index (χ0v) is 16.6. The second-order valence-electron chi connectivity index (χ2n) is 7.53. The molecule has 27 heavy (non-hydrogen) atoms. The highest BCUT2D eigenvalue weighted by atomic mass is 35.5. The van der Waals surface area contributed by atoms with Gasteiger partial charge in [-0.2, -0.15) is 0 Å². The Kier molecular flexibility index (Phi) is 5.29. The third-order valence-electron chi connectivity index (χ3n) is 4.08. The van der Waals surface area contributed by atoms with E-state index in [1.54, 1.807) is 6.20 Å². The Morgan fingerprint density at radius 2 is 1.67 bits per heavy atom. The molecule has 0 saturated carbocycles. The van der Waals surface area contributed by atoms with Crippen molar-refractivity contribution in [2.75, 3.05) is 0 Å². The highest BCUT2D eigenvalue weighted by molar-refractivity contribution is 6.30. The number of nitrogens with zero attached hydrogens (tertiary/aromatic N) is 2. The zero-order chi connectivity index (χ0) is 19.6. The first-order chi connectivity index (χ1) is 12.7. The van der Waals surface area contributed by atoms with Crippen LogP contribution in [0.15, 0.2) is 55.0 Å². The predicted octanol–water partition coefficient (Wildman–Crippen LogP) is 5.30. The van der Waals surface area contributed by atoms with Crippen LogP contribution in [0.2, 0.25) is 5.02 Å². The van der Waals surface area contributed by atoms with Crippen LogP contribution in [-0.4, -0.2) is 21.4 Å². The van der Waals surface area contributed by atoms with Crippen LogP contribution in [0.5, 0.6) is 0 Å². The summed E-state index contributed by atoms with van der Waals surface area (Å²) in [5.74, 6) is -0.117. The van der Waals surface area contributed by atoms with E-state index >= 15 is 0 Å². The second kappa shape index (κ2) is 7.49. The molecule has 0 aliphatic rings. The Labute approximate surface area is 164 Å². The Bertz CT molecular complexity index is 976. The minimum Gasteiger partial charge on any atom is -0.347 e. The molecule has 0 fully saturated rings. The molecule has 1 amide bonds. The molecule has 0 spiro atoms. The van der Waals surface area contributed by atoms with Crippen LogP contribution in [0, 0.1) is 6.92 Å². The van der Waals surface area contributed by atoms with E-state index in [-0.39, 0.29) is 11.4 Å². The second-order valence-corrected chi connectivity index (χ2v) is 7.97. The number of carbonyl (C=O) groups excluding carboxylic acids is 1. The maximum atomic E-state index is 12.8. The molecule has 138 valence electrons. The fourth-order valence-electron chi connectivity index (χ4n) is 2.81. The molecule has 0 bridgehead atoms. The van der Waals surface area contributed by atoms with Gasteiger partial charge in [-0.1, -0.05) is 23.7 Å². The summed E-state index contributed by atoms with van der Waals surface area (Å²) in [7, 11) is 0. The number of aryl methyl sites for hydroxylation is 1. The molecule has 3 aromatic rings. The van der Waals surface area contributed by atoms with Gasteiger partial charge in [-0.15, -0.1) is 0 Å². The lowest BCUT2D eigenvalue weighted by molar-refractivity contribution is 0.0919. The number of benzene rings is 2. The Morgan fingerprint density at radius 3 is 2.30 bits per heavy atom. The summed E-state index contributed by atoms with van der Waals surface area (Å²) in [5.41, 5.74) is 4.86. The van der Waals surface area contributed by atoms with Crippen LogP contribution in [0.1, 0.15) is 36.8 Å². The molecule has 3 rings (SSSR count). The van der Waals surface area contributed by atoms with Crippen LogP contribution in [0.25, 0.3) is 22.3 Å². The van der Waals surface area contributed by atoms with Gasteiger partial charge in [0.2, 0.25) is 0 Å². The van der Waals surface area contributed by atoms with Crippen LogP contribution < -0.4 is 5.32 Å². The lowest BCUT2D eigenvalue weighted by Crippen LogP contribution is -2.40. The molecule has 1 N–H and O–H groups in total. The van der Waals surface area contributed by atoms with Gasteiger partial charge >= 0.3 is 0 Å². The molecule has 5 heteroatoms. The minimum absolute atomic E-state index is 0.117. The monoisotopic (exact) mass is 379 g/mol. The molecule has 0 atom stereocenters.